The third-order valence-electron chi connectivity index (χ3n) is 5.87. The Hall–Kier alpha value is -2.35. The van der Waals surface area contributed by atoms with Crippen LogP contribution in [0.15, 0.2) is 35.4 Å². The van der Waals surface area contributed by atoms with Crippen molar-refractivity contribution < 1.29 is 14.4 Å². The predicted molar refractivity (Wildman–Crippen MR) is 128 cm³/mol. The Balaban J connectivity index is 1.59. The molecular weight excluding hydrogens is 424 g/mol. The number of benzene rings is 1. The molecule has 3 rings (SSSR count). The molecule has 1 aliphatic carbocycles. The zero-order valence-electron chi connectivity index (χ0n) is 19.0. The quantitative estimate of drug-likeness (QED) is 0.438. The number of hydrogen-bond acceptors (Lipinski definition) is 5. The summed E-state index contributed by atoms with van der Waals surface area (Å²) in [5, 5.41) is 7.78. The van der Waals surface area contributed by atoms with Gasteiger partial charge in [-0.15, -0.1) is 5.10 Å². The van der Waals surface area contributed by atoms with Crippen molar-refractivity contribution in [2.75, 3.05) is 12.3 Å². The summed E-state index contributed by atoms with van der Waals surface area (Å²) < 4.78 is 0. The summed E-state index contributed by atoms with van der Waals surface area (Å²) in [4.78, 5) is 40.2. The largest absolute Gasteiger partial charge is 0.345 e. The second-order valence-corrected chi connectivity index (χ2v) is 10.0. The van der Waals surface area contributed by atoms with Gasteiger partial charge in [0.15, 0.2) is 5.17 Å². The molecule has 2 fully saturated rings. The second-order valence-electron chi connectivity index (χ2n) is 8.98. The van der Waals surface area contributed by atoms with E-state index in [9.17, 15) is 14.4 Å². The molecule has 1 atom stereocenters. The Labute approximate surface area is 194 Å². The Morgan fingerprint density at radius 2 is 1.84 bits per heavy atom. The lowest BCUT2D eigenvalue weighted by molar-refractivity contribution is -0.140. The van der Waals surface area contributed by atoms with Crippen molar-refractivity contribution in [2.45, 2.75) is 65.0 Å². The van der Waals surface area contributed by atoms with Crippen LogP contribution < -0.4 is 10.7 Å². The van der Waals surface area contributed by atoms with Crippen LogP contribution in [0.5, 0.6) is 0 Å². The first-order valence-electron chi connectivity index (χ1n) is 11.6. The number of nitrogens with one attached hydrogen (secondary N) is 2. The molecule has 1 aromatic carbocycles. The number of thioether (sulfide) groups is 1. The highest BCUT2D eigenvalue weighted by molar-refractivity contribution is 8.14. The highest BCUT2D eigenvalue weighted by atomic mass is 32.2. The van der Waals surface area contributed by atoms with E-state index in [-0.39, 0.29) is 17.7 Å². The van der Waals surface area contributed by atoms with Crippen molar-refractivity contribution in [3.8, 4) is 0 Å². The number of Topliss-reactive ketones (excluding diaryl/α,β-unsaturated/α-hetero) is 1. The SMILES string of the molecule is CC(C)C[C@H](NC(=O)C1CCCCC1)C(=O)C(=O)N/N=C1\SCCN1Cc1ccccc1. The summed E-state index contributed by atoms with van der Waals surface area (Å²) in [7, 11) is 0. The number of hydrazone groups is 1. The minimum Gasteiger partial charge on any atom is -0.345 e. The maximum absolute atomic E-state index is 12.9. The van der Waals surface area contributed by atoms with Gasteiger partial charge in [0.2, 0.25) is 11.7 Å². The van der Waals surface area contributed by atoms with E-state index in [1.807, 2.05) is 44.2 Å². The number of nitrogens with zero attached hydrogens (tertiary/aromatic N) is 2. The second kappa shape index (κ2) is 12.0. The number of amides is 2. The third-order valence-corrected chi connectivity index (χ3v) is 6.87. The van der Waals surface area contributed by atoms with Gasteiger partial charge in [-0.25, -0.2) is 5.43 Å². The Morgan fingerprint density at radius 1 is 1.12 bits per heavy atom. The third kappa shape index (κ3) is 7.08. The van der Waals surface area contributed by atoms with Crippen LogP contribution in [0.1, 0.15) is 57.9 Å². The van der Waals surface area contributed by atoms with Crippen LogP contribution in [0.2, 0.25) is 0 Å². The minimum atomic E-state index is -0.818. The van der Waals surface area contributed by atoms with Gasteiger partial charge in [0.05, 0.1) is 6.04 Å². The molecule has 32 heavy (non-hydrogen) atoms. The molecule has 0 aromatic heterocycles. The molecule has 7 nitrogen and oxygen atoms in total. The van der Waals surface area contributed by atoms with Crippen molar-refractivity contribution in [2.24, 2.45) is 16.9 Å². The fourth-order valence-electron chi connectivity index (χ4n) is 4.16. The van der Waals surface area contributed by atoms with E-state index in [1.54, 1.807) is 11.8 Å². The van der Waals surface area contributed by atoms with Crippen molar-refractivity contribution >= 4 is 34.5 Å². The molecular formula is C24H34N4O3S. The van der Waals surface area contributed by atoms with E-state index in [0.717, 1.165) is 50.0 Å². The fraction of sp³-hybridized carbons (Fsp3) is 0.583. The molecule has 0 radical (unpaired) electrons. The van der Waals surface area contributed by atoms with Gasteiger partial charge < -0.3 is 10.2 Å². The van der Waals surface area contributed by atoms with E-state index >= 15 is 0 Å². The smallest absolute Gasteiger partial charge is 0.309 e. The van der Waals surface area contributed by atoms with Gasteiger partial charge in [-0.3, -0.25) is 14.4 Å². The van der Waals surface area contributed by atoms with Crippen LogP contribution >= 0.6 is 11.8 Å². The topological polar surface area (TPSA) is 90.9 Å². The Morgan fingerprint density at radius 3 is 2.53 bits per heavy atom. The van der Waals surface area contributed by atoms with Crippen LogP contribution in [0.3, 0.4) is 0 Å². The first-order valence-corrected chi connectivity index (χ1v) is 12.6. The molecule has 1 aliphatic heterocycles. The molecule has 0 bridgehead atoms. The Bertz CT molecular complexity index is 822. The molecule has 1 saturated heterocycles. The maximum atomic E-state index is 12.9. The molecule has 0 unspecified atom stereocenters. The van der Waals surface area contributed by atoms with Gasteiger partial charge in [0, 0.05) is 24.8 Å². The minimum absolute atomic E-state index is 0.0593. The van der Waals surface area contributed by atoms with Crippen LogP contribution in [0.25, 0.3) is 0 Å². The molecule has 2 N–H and O–H groups in total. The monoisotopic (exact) mass is 458 g/mol. The number of rotatable bonds is 9. The summed E-state index contributed by atoms with van der Waals surface area (Å²) in [5.41, 5.74) is 3.59. The number of hydrogen-bond donors (Lipinski definition) is 2. The van der Waals surface area contributed by atoms with Gasteiger partial charge >= 0.3 is 5.91 Å². The van der Waals surface area contributed by atoms with Gasteiger partial charge in [-0.1, -0.05) is 75.2 Å². The molecule has 2 amide bonds. The lowest BCUT2D eigenvalue weighted by Gasteiger charge is -2.25. The fourth-order valence-corrected chi connectivity index (χ4v) is 5.10. The van der Waals surface area contributed by atoms with Crippen molar-refractivity contribution in [1.29, 1.82) is 0 Å². The van der Waals surface area contributed by atoms with Crippen molar-refractivity contribution in [1.82, 2.24) is 15.6 Å². The Kier molecular flexibility index (Phi) is 9.14. The van der Waals surface area contributed by atoms with E-state index in [2.05, 4.69) is 20.7 Å². The number of amidine groups is 1. The van der Waals surface area contributed by atoms with Crippen molar-refractivity contribution in [3.63, 3.8) is 0 Å². The molecule has 0 spiro atoms. The summed E-state index contributed by atoms with van der Waals surface area (Å²) in [6.45, 7) is 5.48. The van der Waals surface area contributed by atoms with Crippen LogP contribution in [0.4, 0.5) is 0 Å². The lowest BCUT2D eigenvalue weighted by Crippen LogP contribution is -2.49. The van der Waals surface area contributed by atoms with E-state index in [1.165, 1.54) is 0 Å². The number of carbonyl (C=O) groups is 3. The van der Waals surface area contributed by atoms with Crippen molar-refractivity contribution in [3.05, 3.63) is 35.9 Å². The van der Waals surface area contributed by atoms with Gasteiger partial charge in [-0.05, 0) is 30.7 Å². The average molecular weight is 459 g/mol. The van der Waals surface area contributed by atoms with E-state index < -0.39 is 17.7 Å². The summed E-state index contributed by atoms with van der Waals surface area (Å²) in [6, 6.07) is 9.24. The standard InChI is InChI=1S/C24H34N4O3S/c1-17(2)15-20(25-22(30)19-11-7-4-8-12-19)21(29)23(31)26-27-24-28(13-14-32-24)16-18-9-5-3-6-10-18/h3,5-6,9-10,17,19-20H,4,7-8,11-16H2,1-2H3,(H,25,30)(H,26,31)/b27-24-/t20-/m0/s1. The normalized spacial score (nSPS) is 19.2. The zero-order valence-corrected chi connectivity index (χ0v) is 19.8. The van der Waals surface area contributed by atoms with E-state index in [4.69, 9.17) is 0 Å². The van der Waals surface area contributed by atoms with Crippen LogP contribution in [-0.2, 0) is 20.9 Å². The molecule has 1 aromatic rings. The van der Waals surface area contributed by atoms with Crippen LogP contribution in [0, 0.1) is 11.8 Å². The highest BCUT2D eigenvalue weighted by Gasteiger charge is 2.31. The molecule has 8 heteroatoms. The summed E-state index contributed by atoms with van der Waals surface area (Å²) >= 11 is 1.55. The van der Waals surface area contributed by atoms with E-state index in [0.29, 0.717) is 18.1 Å². The van der Waals surface area contributed by atoms with Gasteiger partial charge in [-0.2, -0.15) is 0 Å². The molecule has 1 heterocycles. The lowest BCUT2D eigenvalue weighted by atomic mass is 9.88. The highest BCUT2D eigenvalue weighted by Crippen LogP contribution is 2.24. The molecule has 1 saturated carbocycles. The summed E-state index contributed by atoms with van der Waals surface area (Å²) in [6.07, 6.45) is 5.36. The number of ketones is 1. The van der Waals surface area contributed by atoms with Crippen LogP contribution in [-0.4, -0.2) is 46.0 Å². The molecule has 174 valence electrons. The first-order chi connectivity index (χ1) is 15.4. The molecule has 2 aliphatic rings. The first kappa shape index (κ1) is 24.3. The number of carbonyl (C=O) groups excluding carboxylic acids is 3. The summed E-state index contributed by atoms with van der Waals surface area (Å²) in [5.74, 6) is -0.534. The predicted octanol–water partition coefficient (Wildman–Crippen LogP) is 3.30. The zero-order chi connectivity index (χ0) is 22.9. The average Bonchev–Trinajstić information content (AvgIpc) is 3.24. The maximum Gasteiger partial charge on any atom is 0.309 e. The van der Waals surface area contributed by atoms with Gasteiger partial charge in [0.1, 0.15) is 0 Å². The van der Waals surface area contributed by atoms with Gasteiger partial charge in [0.25, 0.3) is 0 Å².